The van der Waals surface area contributed by atoms with Crippen LogP contribution in [0, 0.1) is 0 Å². The second-order valence-electron chi connectivity index (χ2n) is 3.42. The molecule has 2 heterocycles. The standard InChI is InChI=1S/C13H9NS2/c1-2-4-10(5-3-1)12-9-16-13(14-12)11-6-7-15-8-11/h1-9H. The van der Waals surface area contributed by atoms with Crippen LogP contribution < -0.4 is 0 Å². The van der Waals surface area contributed by atoms with Crippen LogP contribution in [0.2, 0.25) is 0 Å². The summed E-state index contributed by atoms with van der Waals surface area (Å²) in [6.45, 7) is 0. The summed E-state index contributed by atoms with van der Waals surface area (Å²) in [5, 5.41) is 7.43. The van der Waals surface area contributed by atoms with Crippen LogP contribution in [0.25, 0.3) is 21.8 Å². The van der Waals surface area contributed by atoms with E-state index >= 15 is 0 Å². The van der Waals surface area contributed by atoms with Gasteiger partial charge in [-0.15, -0.1) is 11.3 Å². The Labute approximate surface area is 102 Å². The van der Waals surface area contributed by atoms with Crippen molar-refractivity contribution in [2.45, 2.75) is 0 Å². The van der Waals surface area contributed by atoms with E-state index < -0.39 is 0 Å². The largest absolute Gasteiger partial charge is 0.236 e. The Bertz CT molecular complexity index is 567. The first-order chi connectivity index (χ1) is 7.93. The van der Waals surface area contributed by atoms with Crippen molar-refractivity contribution in [3.63, 3.8) is 0 Å². The molecule has 16 heavy (non-hydrogen) atoms. The molecule has 1 aromatic carbocycles. The minimum absolute atomic E-state index is 1.06. The Morgan fingerprint density at radius 3 is 2.50 bits per heavy atom. The number of thiazole rings is 1. The number of benzene rings is 1. The second kappa shape index (κ2) is 4.20. The molecule has 0 amide bonds. The fourth-order valence-electron chi connectivity index (χ4n) is 1.53. The van der Waals surface area contributed by atoms with Crippen LogP contribution in [0.1, 0.15) is 0 Å². The van der Waals surface area contributed by atoms with Crippen LogP contribution in [0.4, 0.5) is 0 Å². The zero-order valence-corrected chi connectivity index (χ0v) is 10.1. The number of nitrogens with zero attached hydrogens (tertiary/aromatic N) is 1. The molecule has 0 atom stereocenters. The van der Waals surface area contributed by atoms with Gasteiger partial charge in [0.1, 0.15) is 5.01 Å². The quantitative estimate of drug-likeness (QED) is 0.644. The lowest BCUT2D eigenvalue weighted by Crippen LogP contribution is -1.76. The molecule has 1 nitrogen and oxygen atoms in total. The van der Waals surface area contributed by atoms with Crippen LogP contribution in [-0.4, -0.2) is 4.98 Å². The van der Waals surface area contributed by atoms with E-state index in [-0.39, 0.29) is 0 Å². The lowest BCUT2D eigenvalue weighted by molar-refractivity contribution is 1.41. The van der Waals surface area contributed by atoms with E-state index in [1.54, 1.807) is 22.7 Å². The summed E-state index contributed by atoms with van der Waals surface area (Å²) in [5.74, 6) is 0. The van der Waals surface area contributed by atoms with E-state index in [9.17, 15) is 0 Å². The van der Waals surface area contributed by atoms with Crippen molar-refractivity contribution >= 4 is 22.7 Å². The Kier molecular flexibility index (Phi) is 2.56. The molecular formula is C13H9NS2. The first kappa shape index (κ1) is 9.75. The number of aromatic nitrogens is 1. The molecule has 0 aliphatic carbocycles. The van der Waals surface area contributed by atoms with Crippen molar-refractivity contribution in [1.29, 1.82) is 0 Å². The molecule has 0 N–H and O–H groups in total. The molecule has 0 aliphatic heterocycles. The highest BCUT2D eigenvalue weighted by Gasteiger charge is 2.05. The molecule has 0 bridgehead atoms. The van der Waals surface area contributed by atoms with E-state index in [0.29, 0.717) is 0 Å². The van der Waals surface area contributed by atoms with Crippen LogP contribution in [0.15, 0.2) is 52.5 Å². The Hall–Kier alpha value is -1.45. The highest BCUT2D eigenvalue weighted by atomic mass is 32.1. The topological polar surface area (TPSA) is 12.9 Å². The number of rotatable bonds is 2. The lowest BCUT2D eigenvalue weighted by atomic mass is 10.2. The summed E-state index contributed by atoms with van der Waals surface area (Å²) in [6.07, 6.45) is 0. The van der Waals surface area contributed by atoms with E-state index in [1.165, 1.54) is 11.1 Å². The molecule has 0 spiro atoms. The van der Waals surface area contributed by atoms with Crippen molar-refractivity contribution in [2.75, 3.05) is 0 Å². The minimum Gasteiger partial charge on any atom is -0.236 e. The maximum Gasteiger partial charge on any atom is 0.124 e. The maximum atomic E-state index is 4.65. The highest BCUT2D eigenvalue weighted by Crippen LogP contribution is 2.29. The van der Waals surface area contributed by atoms with E-state index in [0.717, 1.165) is 10.7 Å². The average molecular weight is 243 g/mol. The summed E-state index contributed by atoms with van der Waals surface area (Å²) in [4.78, 5) is 4.65. The average Bonchev–Trinajstić information content (AvgIpc) is 3.01. The Morgan fingerprint density at radius 2 is 1.75 bits per heavy atom. The molecule has 0 aliphatic rings. The third kappa shape index (κ3) is 1.79. The van der Waals surface area contributed by atoms with Gasteiger partial charge in [-0.3, -0.25) is 0 Å². The molecule has 3 heteroatoms. The van der Waals surface area contributed by atoms with Gasteiger partial charge in [-0.25, -0.2) is 4.98 Å². The predicted octanol–water partition coefficient (Wildman–Crippen LogP) is 4.54. The monoisotopic (exact) mass is 243 g/mol. The first-order valence-electron chi connectivity index (χ1n) is 4.97. The van der Waals surface area contributed by atoms with Gasteiger partial charge in [0.05, 0.1) is 5.69 Å². The zero-order chi connectivity index (χ0) is 10.8. The van der Waals surface area contributed by atoms with Crippen molar-refractivity contribution in [3.8, 4) is 21.8 Å². The summed E-state index contributed by atoms with van der Waals surface area (Å²) in [7, 11) is 0. The second-order valence-corrected chi connectivity index (χ2v) is 5.05. The first-order valence-corrected chi connectivity index (χ1v) is 6.79. The third-order valence-corrected chi connectivity index (χ3v) is 3.92. The fraction of sp³-hybridized carbons (Fsp3) is 0. The summed E-state index contributed by atoms with van der Waals surface area (Å²) >= 11 is 3.40. The van der Waals surface area contributed by atoms with Gasteiger partial charge >= 0.3 is 0 Å². The van der Waals surface area contributed by atoms with Gasteiger partial charge in [0.2, 0.25) is 0 Å². The molecule has 0 unspecified atom stereocenters. The van der Waals surface area contributed by atoms with Crippen LogP contribution >= 0.6 is 22.7 Å². The Morgan fingerprint density at radius 1 is 0.875 bits per heavy atom. The number of thiophene rings is 1. The van der Waals surface area contributed by atoms with E-state index in [2.05, 4.69) is 39.3 Å². The van der Waals surface area contributed by atoms with E-state index in [1.807, 2.05) is 18.2 Å². The summed E-state index contributed by atoms with van der Waals surface area (Å²) < 4.78 is 0. The number of hydrogen-bond donors (Lipinski definition) is 0. The highest BCUT2D eigenvalue weighted by molar-refractivity contribution is 7.14. The van der Waals surface area contributed by atoms with Crippen molar-refractivity contribution in [3.05, 3.63) is 52.5 Å². The maximum absolute atomic E-state index is 4.65. The third-order valence-electron chi connectivity index (χ3n) is 2.34. The van der Waals surface area contributed by atoms with Crippen LogP contribution in [-0.2, 0) is 0 Å². The lowest BCUT2D eigenvalue weighted by Gasteiger charge is -1.93. The number of hydrogen-bond acceptors (Lipinski definition) is 3. The fourth-order valence-corrected chi connectivity index (χ4v) is 3.08. The molecular weight excluding hydrogens is 234 g/mol. The SMILES string of the molecule is c1ccc(-c2csc(-c3ccsc3)n2)cc1. The molecule has 0 fully saturated rings. The van der Waals surface area contributed by atoms with Gasteiger partial charge in [0.15, 0.2) is 0 Å². The van der Waals surface area contributed by atoms with Crippen molar-refractivity contribution in [2.24, 2.45) is 0 Å². The zero-order valence-electron chi connectivity index (χ0n) is 8.46. The smallest absolute Gasteiger partial charge is 0.124 e. The molecule has 0 radical (unpaired) electrons. The molecule has 78 valence electrons. The summed E-state index contributed by atoms with van der Waals surface area (Å²) in [6, 6.07) is 12.4. The normalized spacial score (nSPS) is 10.5. The van der Waals surface area contributed by atoms with Gasteiger partial charge < -0.3 is 0 Å². The van der Waals surface area contributed by atoms with Gasteiger partial charge in [0, 0.05) is 21.9 Å². The van der Waals surface area contributed by atoms with Gasteiger partial charge in [0.25, 0.3) is 0 Å². The Balaban J connectivity index is 2.00. The van der Waals surface area contributed by atoms with Gasteiger partial charge in [-0.05, 0) is 11.4 Å². The molecule has 3 rings (SSSR count). The van der Waals surface area contributed by atoms with Crippen molar-refractivity contribution < 1.29 is 0 Å². The summed E-state index contributed by atoms with van der Waals surface area (Å²) in [5.41, 5.74) is 3.46. The molecule has 3 aromatic rings. The van der Waals surface area contributed by atoms with Crippen LogP contribution in [0.5, 0.6) is 0 Å². The molecule has 2 aromatic heterocycles. The van der Waals surface area contributed by atoms with Gasteiger partial charge in [-0.1, -0.05) is 30.3 Å². The van der Waals surface area contributed by atoms with Gasteiger partial charge in [-0.2, -0.15) is 11.3 Å². The molecule has 0 saturated carbocycles. The molecule has 0 saturated heterocycles. The van der Waals surface area contributed by atoms with E-state index in [4.69, 9.17) is 0 Å². The minimum atomic E-state index is 1.06. The van der Waals surface area contributed by atoms with Crippen molar-refractivity contribution in [1.82, 2.24) is 4.98 Å². The van der Waals surface area contributed by atoms with Crippen LogP contribution in [0.3, 0.4) is 0 Å². The predicted molar refractivity (Wildman–Crippen MR) is 70.9 cm³/mol.